The van der Waals surface area contributed by atoms with Gasteiger partial charge in [-0.2, -0.15) is 11.3 Å². The second kappa shape index (κ2) is 9.57. The third kappa shape index (κ3) is 4.44. The van der Waals surface area contributed by atoms with E-state index in [-0.39, 0.29) is 24.5 Å². The number of thioether (sulfide) groups is 1. The van der Waals surface area contributed by atoms with E-state index in [1.165, 1.54) is 46.9 Å². The zero-order valence-electron chi connectivity index (χ0n) is 18.0. The van der Waals surface area contributed by atoms with E-state index in [1.807, 2.05) is 16.8 Å². The molecule has 3 heterocycles. The maximum Gasteiger partial charge on any atom is 0.325 e. The van der Waals surface area contributed by atoms with Gasteiger partial charge in [-0.15, -0.1) is 0 Å². The molecule has 0 saturated heterocycles. The van der Waals surface area contributed by atoms with Crippen molar-refractivity contribution in [3.05, 3.63) is 86.1 Å². The normalized spacial score (nSPS) is 15.1. The Morgan fingerprint density at radius 2 is 2.18 bits per heavy atom. The van der Waals surface area contributed by atoms with Gasteiger partial charge in [0.15, 0.2) is 5.16 Å². The number of halogens is 1. The Kier molecular flexibility index (Phi) is 6.36. The first-order valence-corrected chi connectivity index (χ1v) is 12.3. The van der Waals surface area contributed by atoms with Gasteiger partial charge in [-0.25, -0.2) is 9.37 Å². The van der Waals surface area contributed by atoms with Crippen molar-refractivity contribution in [3.63, 3.8) is 0 Å². The van der Waals surface area contributed by atoms with Crippen molar-refractivity contribution >= 4 is 40.0 Å². The molecular weight excluding hydrogens is 479 g/mol. The number of carbonyl (C=O) groups is 1. The molecule has 10 heteroatoms. The van der Waals surface area contributed by atoms with Gasteiger partial charge in [0.25, 0.3) is 5.56 Å². The number of hydrogen-bond acceptors (Lipinski definition) is 8. The van der Waals surface area contributed by atoms with Gasteiger partial charge in [-0.3, -0.25) is 14.2 Å². The molecule has 0 spiro atoms. The molecule has 0 fully saturated rings. The Balaban J connectivity index is 1.49. The van der Waals surface area contributed by atoms with Crippen molar-refractivity contribution in [2.24, 2.45) is 0 Å². The first-order chi connectivity index (χ1) is 16.5. The molecule has 2 aromatic carbocycles. The Hall–Kier alpha value is -3.21. The molecule has 2 aromatic heterocycles. The molecule has 7 nitrogen and oxygen atoms in total. The molecule has 0 N–H and O–H groups in total. The van der Waals surface area contributed by atoms with Crippen LogP contribution < -0.4 is 10.3 Å². The number of aromatic nitrogens is 2. The van der Waals surface area contributed by atoms with E-state index >= 15 is 0 Å². The van der Waals surface area contributed by atoms with E-state index in [0.29, 0.717) is 32.9 Å². The van der Waals surface area contributed by atoms with E-state index in [2.05, 4.69) is 4.98 Å². The third-order valence-electron chi connectivity index (χ3n) is 5.34. The summed E-state index contributed by atoms with van der Waals surface area (Å²) in [5, 5.41) is 4.61. The monoisotopic (exact) mass is 498 g/mol. The second-order valence-electron chi connectivity index (χ2n) is 7.54. The van der Waals surface area contributed by atoms with Gasteiger partial charge in [0.2, 0.25) is 6.29 Å². The summed E-state index contributed by atoms with van der Waals surface area (Å²) in [6.07, 6.45) is -0.579. The molecular formula is C24H19FN2O5S2. The molecule has 1 aliphatic rings. The fourth-order valence-corrected chi connectivity index (χ4v) is 5.32. The maximum absolute atomic E-state index is 14.4. The number of nitrogens with zero attached hydrogens (tertiary/aromatic N) is 2. The lowest BCUT2D eigenvalue weighted by atomic mass is 10.1. The summed E-state index contributed by atoms with van der Waals surface area (Å²) in [4.78, 5) is 29.6. The van der Waals surface area contributed by atoms with Crippen molar-refractivity contribution in [1.82, 2.24) is 9.55 Å². The van der Waals surface area contributed by atoms with Crippen LogP contribution in [0.3, 0.4) is 0 Å². The number of thiophene rings is 1. The molecule has 1 unspecified atom stereocenters. The molecule has 1 atom stereocenters. The van der Waals surface area contributed by atoms with E-state index < -0.39 is 18.1 Å². The number of methoxy groups -OCH3 is 1. The lowest BCUT2D eigenvalue weighted by molar-refractivity contribution is -0.141. The number of fused-ring (bicyclic) bond motifs is 2. The van der Waals surface area contributed by atoms with Crippen LogP contribution in [0.2, 0.25) is 0 Å². The molecule has 5 rings (SSSR count). The number of esters is 1. The number of ether oxygens (including phenoxy) is 3. The minimum atomic E-state index is -0.579. The van der Waals surface area contributed by atoms with Gasteiger partial charge in [0, 0.05) is 27.8 Å². The summed E-state index contributed by atoms with van der Waals surface area (Å²) in [7, 11) is 1.26. The third-order valence-corrected chi connectivity index (χ3v) is 7.06. The van der Waals surface area contributed by atoms with E-state index in [0.717, 1.165) is 5.56 Å². The Morgan fingerprint density at radius 1 is 1.32 bits per heavy atom. The van der Waals surface area contributed by atoms with Crippen LogP contribution in [0.4, 0.5) is 4.39 Å². The smallest absolute Gasteiger partial charge is 0.325 e. The van der Waals surface area contributed by atoms with E-state index in [1.54, 1.807) is 24.3 Å². The average Bonchev–Trinajstić information content (AvgIpc) is 3.39. The predicted molar refractivity (Wildman–Crippen MR) is 126 cm³/mol. The first-order valence-electron chi connectivity index (χ1n) is 10.3. The highest BCUT2D eigenvalue weighted by Crippen LogP contribution is 2.39. The molecule has 0 amide bonds. The SMILES string of the molecule is COC(=O)Cn1c(SCc2cc(F)cc3c2OC(c2ccsc2)OC3)nc2ccccc2c1=O. The van der Waals surface area contributed by atoms with E-state index in [9.17, 15) is 14.0 Å². The number of carbonyl (C=O) groups excluding carboxylic acids is 1. The van der Waals surface area contributed by atoms with Crippen LogP contribution >= 0.6 is 23.1 Å². The summed E-state index contributed by atoms with van der Waals surface area (Å²) in [5.74, 6) is -0.154. The van der Waals surface area contributed by atoms with Gasteiger partial charge < -0.3 is 14.2 Å². The molecule has 0 bridgehead atoms. The van der Waals surface area contributed by atoms with Gasteiger partial charge in [-0.05, 0) is 35.7 Å². The van der Waals surface area contributed by atoms with Crippen LogP contribution in [-0.4, -0.2) is 22.6 Å². The Bertz CT molecular complexity index is 1420. The summed E-state index contributed by atoms with van der Waals surface area (Å²) in [5.41, 5.74) is 2.28. The highest BCUT2D eigenvalue weighted by atomic mass is 32.2. The second-order valence-corrected chi connectivity index (χ2v) is 9.26. The number of benzene rings is 2. The van der Waals surface area contributed by atoms with Gasteiger partial charge in [-0.1, -0.05) is 23.9 Å². The van der Waals surface area contributed by atoms with Crippen molar-refractivity contribution in [1.29, 1.82) is 0 Å². The van der Waals surface area contributed by atoms with Crippen molar-refractivity contribution in [3.8, 4) is 5.75 Å². The molecule has 4 aromatic rings. The van der Waals surface area contributed by atoms with Gasteiger partial charge >= 0.3 is 5.97 Å². The van der Waals surface area contributed by atoms with Gasteiger partial charge in [0.1, 0.15) is 18.1 Å². The lowest BCUT2D eigenvalue weighted by Crippen LogP contribution is -2.27. The van der Waals surface area contributed by atoms with E-state index in [4.69, 9.17) is 14.2 Å². The maximum atomic E-state index is 14.4. The standard InChI is InChI=1S/C24H19FN2O5S2/c1-30-20(28)10-27-22(29)18-4-2-3-5-19(18)26-24(27)34-13-16-9-17(25)8-15-11-31-23(32-21(15)16)14-6-7-33-12-14/h2-9,12,23H,10-11,13H2,1H3. The minimum absolute atomic E-state index is 0.215. The van der Waals surface area contributed by atoms with Crippen molar-refractivity contribution < 1.29 is 23.4 Å². The first kappa shape index (κ1) is 22.6. The molecule has 1 aliphatic heterocycles. The number of para-hydroxylation sites is 1. The molecule has 174 valence electrons. The highest BCUT2D eigenvalue weighted by Gasteiger charge is 2.26. The van der Waals surface area contributed by atoms with Crippen molar-refractivity contribution in [2.45, 2.75) is 30.4 Å². The zero-order chi connectivity index (χ0) is 23.7. The summed E-state index contributed by atoms with van der Waals surface area (Å²) >= 11 is 2.76. The molecule has 34 heavy (non-hydrogen) atoms. The average molecular weight is 499 g/mol. The van der Waals surface area contributed by atoms with Crippen LogP contribution in [0, 0.1) is 5.82 Å². The summed E-state index contributed by atoms with van der Waals surface area (Å²) in [6, 6.07) is 11.6. The fourth-order valence-electron chi connectivity index (χ4n) is 3.69. The van der Waals surface area contributed by atoms with Gasteiger partial charge in [0.05, 0.1) is 24.6 Å². The molecule has 0 saturated carbocycles. The predicted octanol–water partition coefficient (Wildman–Crippen LogP) is 4.67. The topological polar surface area (TPSA) is 79.7 Å². The highest BCUT2D eigenvalue weighted by molar-refractivity contribution is 7.98. The van der Waals surface area contributed by atoms with Crippen LogP contribution in [0.5, 0.6) is 5.75 Å². The Morgan fingerprint density at radius 3 is 2.97 bits per heavy atom. The van der Waals surface area contributed by atoms with Crippen LogP contribution in [-0.2, 0) is 33.2 Å². The zero-order valence-corrected chi connectivity index (χ0v) is 19.7. The number of rotatable bonds is 6. The van der Waals surface area contributed by atoms with Crippen LogP contribution in [0.1, 0.15) is 23.0 Å². The summed E-state index contributed by atoms with van der Waals surface area (Å²) < 4.78 is 32.3. The molecule has 0 radical (unpaired) electrons. The number of hydrogen-bond donors (Lipinski definition) is 0. The quantitative estimate of drug-likeness (QED) is 0.217. The lowest BCUT2D eigenvalue weighted by Gasteiger charge is -2.28. The van der Waals surface area contributed by atoms with Crippen LogP contribution in [0.25, 0.3) is 10.9 Å². The minimum Gasteiger partial charge on any atom is -0.468 e. The summed E-state index contributed by atoms with van der Waals surface area (Å²) in [6.45, 7) is -0.0616. The van der Waals surface area contributed by atoms with Crippen LogP contribution in [0.15, 0.2) is 63.2 Å². The fraction of sp³-hybridized carbons (Fsp3) is 0.208. The molecule has 0 aliphatic carbocycles. The van der Waals surface area contributed by atoms with Crippen molar-refractivity contribution in [2.75, 3.05) is 7.11 Å². The largest absolute Gasteiger partial charge is 0.468 e. The Labute approximate surface area is 202 Å².